The summed E-state index contributed by atoms with van der Waals surface area (Å²) >= 11 is 6.18. The van der Waals surface area contributed by atoms with Gasteiger partial charge >= 0.3 is 11.9 Å². The number of anilines is 1. The van der Waals surface area contributed by atoms with E-state index in [4.69, 9.17) is 21.1 Å². The van der Waals surface area contributed by atoms with Crippen LogP contribution in [0.2, 0.25) is 5.02 Å². The Morgan fingerprint density at radius 3 is 2.31 bits per heavy atom. The fraction of sp³-hybridized carbons (Fsp3) is 0.125. The number of aromatic nitrogens is 1. The number of halogens is 1. The van der Waals surface area contributed by atoms with Crippen molar-refractivity contribution < 1.29 is 23.9 Å². The second kappa shape index (κ2) is 8.36. The average molecular weight is 451 g/mol. The molecule has 0 bridgehead atoms. The van der Waals surface area contributed by atoms with Crippen LogP contribution in [0.3, 0.4) is 0 Å². The Bertz CT molecular complexity index is 1410. The fourth-order valence-corrected chi connectivity index (χ4v) is 3.94. The van der Waals surface area contributed by atoms with Gasteiger partial charge in [0.05, 0.1) is 19.7 Å². The Hall–Kier alpha value is -3.84. The number of nitrogens with zero attached hydrogens (tertiary/aromatic N) is 1. The van der Waals surface area contributed by atoms with E-state index in [0.29, 0.717) is 27.2 Å². The molecule has 0 fully saturated rings. The minimum absolute atomic E-state index is 0.0379. The van der Waals surface area contributed by atoms with Crippen LogP contribution in [0, 0.1) is 6.92 Å². The number of benzene rings is 2. The molecule has 32 heavy (non-hydrogen) atoms. The van der Waals surface area contributed by atoms with E-state index in [1.807, 2.05) is 18.2 Å². The molecule has 0 atom stereocenters. The molecule has 2 aromatic heterocycles. The van der Waals surface area contributed by atoms with Crippen LogP contribution in [0.25, 0.3) is 16.3 Å². The van der Waals surface area contributed by atoms with Crippen molar-refractivity contribution in [3.05, 3.63) is 82.1 Å². The third kappa shape index (κ3) is 3.36. The molecule has 2 aromatic carbocycles. The smallest absolute Gasteiger partial charge is 0.341 e. The maximum absolute atomic E-state index is 13.5. The first-order valence-electron chi connectivity index (χ1n) is 9.67. The number of ether oxygens (including phenoxy) is 2. The summed E-state index contributed by atoms with van der Waals surface area (Å²) in [5.74, 6) is -2.18. The first-order valence-corrected chi connectivity index (χ1v) is 10.1. The topological polar surface area (TPSA) is 86.1 Å². The molecule has 1 N–H and O–H groups in total. The maximum atomic E-state index is 13.5. The van der Waals surface area contributed by atoms with Crippen LogP contribution < -0.4 is 5.32 Å². The molecule has 0 saturated carbocycles. The molecule has 0 aliphatic rings. The molecule has 0 aliphatic carbocycles. The molecule has 2 heterocycles. The highest BCUT2D eigenvalue weighted by Gasteiger charge is 2.33. The monoisotopic (exact) mass is 450 g/mol. The van der Waals surface area contributed by atoms with Gasteiger partial charge in [-0.2, -0.15) is 0 Å². The lowest BCUT2D eigenvalue weighted by atomic mass is 10.1. The summed E-state index contributed by atoms with van der Waals surface area (Å²) in [7, 11) is 2.40. The predicted molar refractivity (Wildman–Crippen MR) is 122 cm³/mol. The van der Waals surface area contributed by atoms with Crippen LogP contribution in [-0.2, 0) is 9.47 Å². The van der Waals surface area contributed by atoms with E-state index in [0.717, 1.165) is 5.39 Å². The molecule has 0 spiro atoms. The highest BCUT2D eigenvalue weighted by atomic mass is 35.5. The highest BCUT2D eigenvalue weighted by molar-refractivity contribution is 6.32. The van der Waals surface area contributed by atoms with Crippen LogP contribution >= 0.6 is 11.6 Å². The number of esters is 2. The molecule has 0 radical (unpaired) electrons. The van der Waals surface area contributed by atoms with Gasteiger partial charge in [-0.15, -0.1) is 0 Å². The number of carbonyl (C=O) groups is 3. The lowest BCUT2D eigenvalue weighted by Crippen LogP contribution is -2.20. The lowest BCUT2D eigenvalue weighted by molar-refractivity contribution is 0.0556. The van der Waals surface area contributed by atoms with Crippen LogP contribution in [0.4, 0.5) is 5.69 Å². The summed E-state index contributed by atoms with van der Waals surface area (Å²) < 4.78 is 11.4. The largest absolute Gasteiger partial charge is 0.465 e. The molecule has 162 valence electrons. The van der Waals surface area contributed by atoms with E-state index in [1.54, 1.807) is 43.5 Å². The SMILES string of the molecule is COC(=O)c1c(C(=O)OC)c2c3ccccc3ccn2c1C(=O)Nc1cccc(Cl)c1C. The fourth-order valence-electron chi connectivity index (χ4n) is 3.76. The molecule has 0 unspecified atom stereocenters. The third-order valence-electron chi connectivity index (χ3n) is 5.33. The van der Waals surface area contributed by atoms with Gasteiger partial charge in [-0.3, -0.25) is 4.79 Å². The highest BCUT2D eigenvalue weighted by Crippen LogP contribution is 2.32. The van der Waals surface area contributed by atoms with E-state index in [9.17, 15) is 14.4 Å². The van der Waals surface area contributed by atoms with Gasteiger partial charge in [0, 0.05) is 22.3 Å². The van der Waals surface area contributed by atoms with Gasteiger partial charge in [-0.1, -0.05) is 41.9 Å². The number of amides is 1. The van der Waals surface area contributed by atoms with Crippen LogP contribution in [0.1, 0.15) is 36.8 Å². The van der Waals surface area contributed by atoms with E-state index in [-0.39, 0.29) is 16.8 Å². The summed E-state index contributed by atoms with van der Waals surface area (Å²) in [4.78, 5) is 39.1. The first-order chi connectivity index (χ1) is 15.4. The minimum atomic E-state index is -0.828. The second-order valence-corrected chi connectivity index (χ2v) is 7.48. The molecular formula is C24H19ClN2O5. The number of pyridine rings is 1. The Morgan fingerprint density at radius 2 is 1.59 bits per heavy atom. The summed E-state index contributed by atoms with van der Waals surface area (Å²) in [5.41, 5.74) is 1.27. The number of carbonyl (C=O) groups excluding carboxylic acids is 3. The Balaban J connectivity index is 2.06. The molecule has 4 rings (SSSR count). The van der Waals surface area contributed by atoms with Crippen molar-refractivity contribution in [2.24, 2.45) is 0 Å². The van der Waals surface area contributed by atoms with Crippen molar-refractivity contribution in [2.75, 3.05) is 19.5 Å². The molecule has 0 aliphatic heterocycles. The molecule has 4 aromatic rings. The molecule has 1 amide bonds. The van der Waals surface area contributed by atoms with E-state index in [2.05, 4.69) is 5.32 Å². The number of fused-ring (bicyclic) bond motifs is 3. The lowest BCUT2D eigenvalue weighted by Gasteiger charge is -2.11. The zero-order chi connectivity index (χ0) is 23.0. The number of rotatable bonds is 4. The van der Waals surface area contributed by atoms with E-state index < -0.39 is 17.8 Å². The van der Waals surface area contributed by atoms with Gasteiger partial charge in [0.1, 0.15) is 16.8 Å². The van der Waals surface area contributed by atoms with Crippen molar-refractivity contribution in [3.63, 3.8) is 0 Å². The first kappa shape index (κ1) is 21.4. The van der Waals surface area contributed by atoms with Crippen molar-refractivity contribution in [3.8, 4) is 0 Å². The molecular weight excluding hydrogens is 432 g/mol. The van der Waals surface area contributed by atoms with Crippen molar-refractivity contribution in [1.82, 2.24) is 4.40 Å². The summed E-state index contributed by atoms with van der Waals surface area (Å²) in [6.45, 7) is 1.77. The number of methoxy groups -OCH3 is 2. The minimum Gasteiger partial charge on any atom is -0.465 e. The average Bonchev–Trinajstić information content (AvgIpc) is 3.16. The third-order valence-corrected chi connectivity index (χ3v) is 5.74. The van der Waals surface area contributed by atoms with Gasteiger partial charge in [-0.05, 0) is 36.1 Å². The molecule has 8 heteroatoms. The van der Waals surface area contributed by atoms with E-state index in [1.165, 1.54) is 18.6 Å². The summed E-state index contributed by atoms with van der Waals surface area (Å²) in [5, 5.41) is 4.79. The van der Waals surface area contributed by atoms with Crippen LogP contribution in [0.5, 0.6) is 0 Å². The van der Waals surface area contributed by atoms with Crippen LogP contribution in [-0.4, -0.2) is 36.5 Å². The summed E-state index contributed by atoms with van der Waals surface area (Å²) in [6.07, 6.45) is 1.64. The normalized spacial score (nSPS) is 10.9. The predicted octanol–water partition coefficient (Wildman–Crippen LogP) is 4.88. The van der Waals surface area contributed by atoms with Crippen molar-refractivity contribution >= 4 is 51.4 Å². The Labute approximate surface area is 188 Å². The summed E-state index contributed by atoms with van der Waals surface area (Å²) in [6, 6.07) is 14.3. The zero-order valence-corrected chi connectivity index (χ0v) is 18.3. The Morgan fingerprint density at radius 1 is 0.906 bits per heavy atom. The number of hydrogen-bond donors (Lipinski definition) is 1. The standard InChI is InChI=1S/C24H19ClN2O5/c1-13-16(25)9-6-10-17(13)26-22(28)21-19(24(30)32-3)18(23(29)31-2)20-15-8-5-4-7-14(15)11-12-27(20)21/h4-12H,1-3H3,(H,26,28). The molecule has 0 saturated heterocycles. The van der Waals surface area contributed by atoms with Gasteiger partial charge in [0.15, 0.2) is 0 Å². The van der Waals surface area contributed by atoms with Crippen molar-refractivity contribution in [2.45, 2.75) is 6.92 Å². The van der Waals surface area contributed by atoms with Gasteiger partial charge < -0.3 is 19.2 Å². The second-order valence-electron chi connectivity index (χ2n) is 7.07. The van der Waals surface area contributed by atoms with Gasteiger partial charge in [-0.25, -0.2) is 9.59 Å². The van der Waals surface area contributed by atoms with Gasteiger partial charge in [0.2, 0.25) is 0 Å². The van der Waals surface area contributed by atoms with E-state index >= 15 is 0 Å². The Kier molecular flexibility index (Phi) is 5.59. The maximum Gasteiger partial charge on any atom is 0.341 e. The number of hydrogen-bond acceptors (Lipinski definition) is 5. The van der Waals surface area contributed by atoms with Crippen molar-refractivity contribution in [1.29, 1.82) is 0 Å². The quantitative estimate of drug-likeness (QED) is 0.448. The van der Waals surface area contributed by atoms with Crippen LogP contribution in [0.15, 0.2) is 54.7 Å². The molecule has 7 nitrogen and oxygen atoms in total. The zero-order valence-electron chi connectivity index (χ0n) is 17.6. The van der Waals surface area contributed by atoms with Gasteiger partial charge in [0.25, 0.3) is 5.91 Å². The number of nitrogens with one attached hydrogen (secondary N) is 1.